The highest BCUT2D eigenvalue weighted by Gasteiger charge is 2.21. The molecule has 1 atom stereocenters. The van der Waals surface area contributed by atoms with Crippen molar-refractivity contribution in [2.24, 2.45) is 11.8 Å². The van der Waals surface area contributed by atoms with Gasteiger partial charge in [0.25, 0.3) is 0 Å². The Kier molecular flexibility index (Phi) is 4.39. The summed E-state index contributed by atoms with van der Waals surface area (Å²) < 4.78 is 5.82. The van der Waals surface area contributed by atoms with Crippen LogP contribution in [0.25, 0.3) is 0 Å². The van der Waals surface area contributed by atoms with Gasteiger partial charge >= 0.3 is 0 Å². The molecule has 1 saturated heterocycles. The summed E-state index contributed by atoms with van der Waals surface area (Å²) in [6, 6.07) is 0. The van der Waals surface area contributed by atoms with Gasteiger partial charge in [-0.2, -0.15) is 0 Å². The highest BCUT2D eigenvalue weighted by atomic mass is 16.5. The van der Waals surface area contributed by atoms with Crippen LogP contribution in [0.15, 0.2) is 0 Å². The number of rotatable bonds is 3. The van der Waals surface area contributed by atoms with Crippen LogP contribution in [0.4, 0.5) is 0 Å². The van der Waals surface area contributed by atoms with Crippen molar-refractivity contribution in [3.8, 4) is 0 Å². The zero-order chi connectivity index (χ0) is 10.6. The van der Waals surface area contributed by atoms with Gasteiger partial charge < -0.3 is 10.1 Å². The van der Waals surface area contributed by atoms with E-state index in [4.69, 9.17) is 4.74 Å². The molecular weight excluding hydrogens is 174 g/mol. The Morgan fingerprint density at radius 3 is 2.36 bits per heavy atom. The summed E-state index contributed by atoms with van der Waals surface area (Å²) in [6.45, 7) is 12.0. The molecule has 1 fully saturated rings. The number of piperidine rings is 1. The molecule has 0 amide bonds. The van der Waals surface area contributed by atoms with Crippen LogP contribution in [0.3, 0.4) is 0 Å². The molecule has 1 rings (SSSR count). The van der Waals surface area contributed by atoms with E-state index in [1.807, 2.05) is 0 Å². The largest absolute Gasteiger partial charge is 0.376 e. The van der Waals surface area contributed by atoms with Crippen molar-refractivity contribution >= 4 is 0 Å². The fraction of sp³-hybridized carbons (Fsp3) is 1.00. The number of ether oxygens (including phenoxy) is 1. The molecule has 0 aliphatic carbocycles. The second-order valence-corrected chi connectivity index (χ2v) is 5.49. The first-order valence-electron chi connectivity index (χ1n) is 5.84. The van der Waals surface area contributed by atoms with E-state index in [9.17, 15) is 0 Å². The van der Waals surface area contributed by atoms with Gasteiger partial charge in [0, 0.05) is 0 Å². The van der Waals surface area contributed by atoms with E-state index < -0.39 is 0 Å². The molecule has 84 valence electrons. The van der Waals surface area contributed by atoms with Crippen molar-refractivity contribution in [1.82, 2.24) is 5.32 Å². The predicted molar refractivity (Wildman–Crippen MR) is 60.5 cm³/mol. The zero-order valence-electron chi connectivity index (χ0n) is 10.1. The van der Waals surface area contributed by atoms with Gasteiger partial charge in [0.05, 0.1) is 12.2 Å². The second kappa shape index (κ2) is 5.13. The van der Waals surface area contributed by atoms with Crippen molar-refractivity contribution in [1.29, 1.82) is 0 Å². The van der Waals surface area contributed by atoms with Crippen molar-refractivity contribution in [3.05, 3.63) is 0 Å². The maximum atomic E-state index is 5.82. The molecule has 2 nitrogen and oxygen atoms in total. The van der Waals surface area contributed by atoms with Gasteiger partial charge in [-0.3, -0.25) is 0 Å². The van der Waals surface area contributed by atoms with Gasteiger partial charge in [-0.15, -0.1) is 0 Å². The van der Waals surface area contributed by atoms with Crippen molar-refractivity contribution in [3.63, 3.8) is 0 Å². The quantitative estimate of drug-likeness (QED) is 0.754. The van der Waals surface area contributed by atoms with Gasteiger partial charge in [0.1, 0.15) is 0 Å². The minimum Gasteiger partial charge on any atom is -0.376 e. The minimum atomic E-state index is 0.0151. The van der Waals surface area contributed by atoms with E-state index in [0.717, 1.165) is 12.5 Å². The average molecular weight is 199 g/mol. The van der Waals surface area contributed by atoms with E-state index in [-0.39, 0.29) is 5.60 Å². The lowest BCUT2D eigenvalue weighted by atomic mass is 9.86. The Balaban J connectivity index is 2.23. The van der Waals surface area contributed by atoms with Crippen LogP contribution in [-0.2, 0) is 4.74 Å². The molecule has 2 heteroatoms. The lowest BCUT2D eigenvalue weighted by molar-refractivity contribution is -0.0310. The van der Waals surface area contributed by atoms with Gasteiger partial charge in [0.15, 0.2) is 0 Å². The number of nitrogens with one attached hydrogen (secondary N) is 1. The molecule has 1 aliphatic rings. The summed E-state index contributed by atoms with van der Waals surface area (Å²) in [5.41, 5.74) is 0.0151. The summed E-state index contributed by atoms with van der Waals surface area (Å²) in [6.07, 6.45) is 2.63. The topological polar surface area (TPSA) is 21.3 Å². The summed E-state index contributed by atoms with van der Waals surface area (Å²) >= 11 is 0. The monoisotopic (exact) mass is 199 g/mol. The van der Waals surface area contributed by atoms with Gasteiger partial charge in [0.2, 0.25) is 0 Å². The molecular formula is C12H25NO. The Labute approximate surface area is 88.4 Å². The van der Waals surface area contributed by atoms with E-state index >= 15 is 0 Å². The van der Waals surface area contributed by atoms with Crippen molar-refractivity contribution in [2.75, 3.05) is 19.7 Å². The van der Waals surface area contributed by atoms with Crippen LogP contribution < -0.4 is 5.32 Å². The van der Waals surface area contributed by atoms with Crippen LogP contribution in [0, 0.1) is 11.8 Å². The van der Waals surface area contributed by atoms with E-state index in [1.165, 1.54) is 25.9 Å². The third-order valence-electron chi connectivity index (χ3n) is 2.97. The lowest BCUT2D eigenvalue weighted by Gasteiger charge is -2.30. The Morgan fingerprint density at radius 2 is 1.86 bits per heavy atom. The highest BCUT2D eigenvalue weighted by Crippen LogP contribution is 2.23. The predicted octanol–water partition coefficient (Wildman–Crippen LogP) is 2.44. The summed E-state index contributed by atoms with van der Waals surface area (Å²) in [7, 11) is 0. The molecule has 0 saturated carbocycles. The average Bonchev–Trinajstić information content (AvgIpc) is 2.14. The Bertz CT molecular complexity index is 156. The van der Waals surface area contributed by atoms with Crippen LogP contribution in [0.2, 0.25) is 0 Å². The third kappa shape index (κ3) is 4.43. The summed E-state index contributed by atoms with van der Waals surface area (Å²) in [5, 5.41) is 3.40. The number of hydrogen-bond donors (Lipinski definition) is 1. The number of hydrogen-bond acceptors (Lipinski definition) is 2. The Hall–Kier alpha value is -0.0800. The van der Waals surface area contributed by atoms with Crippen LogP contribution in [0.1, 0.15) is 40.5 Å². The molecule has 0 spiro atoms. The molecule has 0 aromatic rings. The highest BCUT2D eigenvalue weighted by molar-refractivity contribution is 4.74. The van der Waals surface area contributed by atoms with Gasteiger partial charge in [-0.05, 0) is 58.5 Å². The fourth-order valence-electron chi connectivity index (χ4n) is 1.93. The molecule has 1 heterocycles. The fourth-order valence-corrected chi connectivity index (χ4v) is 1.93. The van der Waals surface area contributed by atoms with Crippen molar-refractivity contribution in [2.45, 2.75) is 46.1 Å². The maximum Gasteiger partial charge on any atom is 0.0598 e. The molecule has 1 N–H and O–H groups in total. The standard InChI is InChI=1S/C12H25NO/c1-10(9-14-12(2,3)4)11-5-7-13-8-6-11/h10-11,13H,5-9H2,1-4H3. The van der Waals surface area contributed by atoms with Gasteiger partial charge in [-0.25, -0.2) is 0 Å². The SMILES string of the molecule is CC(COC(C)(C)C)C1CCNCC1. The minimum absolute atomic E-state index is 0.0151. The van der Waals surface area contributed by atoms with Crippen molar-refractivity contribution < 1.29 is 4.74 Å². The third-order valence-corrected chi connectivity index (χ3v) is 2.97. The normalized spacial score (nSPS) is 22.3. The summed E-state index contributed by atoms with van der Waals surface area (Å²) in [4.78, 5) is 0. The molecule has 1 aliphatic heterocycles. The summed E-state index contributed by atoms with van der Waals surface area (Å²) in [5.74, 6) is 1.56. The van der Waals surface area contributed by atoms with E-state index in [0.29, 0.717) is 5.92 Å². The zero-order valence-corrected chi connectivity index (χ0v) is 10.1. The van der Waals surface area contributed by atoms with E-state index in [1.54, 1.807) is 0 Å². The first-order valence-corrected chi connectivity index (χ1v) is 5.84. The molecule has 1 unspecified atom stereocenters. The lowest BCUT2D eigenvalue weighted by Crippen LogP contribution is -2.33. The molecule has 0 aromatic heterocycles. The first-order chi connectivity index (χ1) is 6.49. The van der Waals surface area contributed by atoms with Crippen LogP contribution in [0.5, 0.6) is 0 Å². The Morgan fingerprint density at radius 1 is 1.29 bits per heavy atom. The second-order valence-electron chi connectivity index (χ2n) is 5.49. The molecule has 0 aromatic carbocycles. The smallest absolute Gasteiger partial charge is 0.0598 e. The molecule has 14 heavy (non-hydrogen) atoms. The van der Waals surface area contributed by atoms with Crippen LogP contribution >= 0.6 is 0 Å². The van der Waals surface area contributed by atoms with Gasteiger partial charge in [-0.1, -0.05) is 6.92 Å². The maximum absolute atomic E-state index is 5.82. The van der Waals surface area contributed by atoms with Crippen LogP contribution in [-0.4, -0.2) is 25.3 Å². The molecule has 0 radical (unpaired) electrons. The first kappa shape index (κ1) is 12.0. The molecule has 0 bridgehead atoms. The van der Waals surface area contributed by atoms with E-state index in [2.05, 4.69) is 33.0 Å².